The van der Waals surface area contributed by atoms with Crippen LogP contribution in [-0.4, -0.2) is 44.9 Å². The van der Waals surface area contributed by atoms with Gasteiger partial charge in [0.05, 0.1) is 26.9 Å². The predicted molar refractivity (Wildman–Crippen MR) is 67.8 cm³/mol. The van der Waals surface area contributed by atoms with Crippen LogP contribution in [-0.2, 0) is 0 Å². The van der Waals surface area contributed by atoms with Gasteiger partial charge in [0.1, 0.15) is 0 Å². The number of aliphatic hydroxyl groups excluding tert-OH is 1. The molecule has 1 rings (SSSR count). The largest absolute Gasteiger partial charge is 0.493 e. The number of aliphatic hydroxyl groups is 1. The number of methoxy groups -OCH3 is 2. The second-order valence-electron chi connectivity index (χ2n) is 4.23. The van der Waals surface area contributed by atoms with Crippen molar-refractivity contribution in [3.63, 3.8) is 0 Å². The second kappa shape index (κ2) is 5.89. The zero-order chi connectivity index (χ0) is 13.0. The molecule has 17 heavy (non-hydrogen) atoms. The summed E-state index contributed by atoms with van der Waals surface area (Å²) in [7, 11) is 7.11. The van der Waals surface area contributed by atoms with Crippen LogP contribution in [0.15, 0.2) is 12.1 Å². The van der Waals surface area contributed by atoms with Crippen LogP contribution in [0.4, 0.5) is 0 Å². The van der Waals surface area contributed by atoms with Gasteiger partial charge in [-0.1, -0.05) is 0 Å². The third kappa shape index (κ3) is 2.90. The van der Waals surface area contributed by atoms with Crippen molar-refractivity contribution in [2.45, 2.75) is 13.0 Å². The number of hydrogen-bond donors (Lipinski definition) is 1. The van der Waals surface area contributed by atoms with Crippen LogP contribution in [0.3, 0.4) is 0 Å². The van der Waals surface area contributed by atoms with E-state index in [1.165, 1.54) is 0 Å². The van der Waals surface area contributed by atoms with Gasteiger partial charge in [-0.15, -0.1) is 0 Å². The van der Waals surface area contributed by atoms with E-state index in [0.29, 0.717) is 11.5 Å². The molecule has 0 saturated carbocycles. The normalized spacial score (nSPS) is 12.6. The van der Waals surface area contributed by atoms with Crippen LogP contribution in [0.2, 0.25) is 0 Å². The quantitative estimate of drug-likeness (QED) is 0.847. The molecule has 4 nitrogen and oxygen atoms in total. The maximum absolute atomic E-state index is 9.45. The monoisotopic (exact) mass is 239 g/mol. The molecule has 1 atom stereocenters. The lowest BCUT2D eigenvalue weighted by atomic mass is 10.00. The fraction of sp³-hybridized carbons (Fsp3) is 0.538. The van der Waals surface area contributed by atoms with Crippen LogP contribution >= 0.6 is 0 Å². The Labute approximate surface area is 103 Å². The zero-order valence-corrected chi connectivity index (χ0v) is 11.2. The van der Waals surface area contributed by atoms with Gasteiger partial charge in [-0.05, 0) is 44.3 Å². The highest BCUT2D eigenvalue weighted by molar-refractivity contribution is 5.48. The van der Waals surface area contributed by atoms with Crippen molar-refractivity contribution in [1.29, 1.82) is 0 Å². The highest BCUT2D eigenvalue weighted by Crippen LogP contribution is 2.33. The summed E-state index contributed by atoms with van der Waals surface area (Å²) in [4.78, 5) is 1.98. The van der Waals surface area contributed by atoms with Gasteiger partial charge in [0.2, 0.25) is 0 Å². The van der Waals surface area contributed by atoms with E-state index in [9.17, 15) is 5.11 Å². The summed E-state index contributed by atoms with van der Waals surface area (Å²) in [5.41, 5.74) is 2.13. The first-order valence-electron chi connectivity index (χ1n) is 5.55. The Morgan fingerprint density at radius 3 is 2.12 bits per heavy atom. The summed E-state index contributed by atoms with van der Waals surface area (Å²) in [5, 5.41) is 9.45. The van der Waals surface area contributed by atoms with Crippen molar-refractivity contribution in [1.82, 2.24) is 4.90 Å². The molecule has 1 unspecified atom stereocenters. The fourth-order valence-corrected chi connectivity index (χ4v) is 1.90. The molecule has 0 saturated heterocycles. The van der Waals surface area contributed by atoms with E-state index in [-0.39, 0.29) is 12.6 Å². The first-order chi connectivity index (χ1) is 8.04. The Morgan fingerprint density at radius 2 is 1.71 bits per heavy atom. The maximum atomic E-state index is 9.45. The van der Waals surface area contributed by atoms with Crippen LogP contribution in [0.5, 0.6) is 11.5 Å². The summed E-state index contributed by atoms with van der Waals surface area (Å²) in [6.45, 7) is 2.08. The number of nitrogens with zero attached hydrogens (tertiary/aromatic N) is 1. The van der Waals surface area contributed by atoms with E-state index in [1.54, 1.807) is 14.2 Å². The van der Waals surface area contributed by atoms with Gasteiger partial charge in [0.25, 0.3) is 0 Å². The third-order valence-electron chi connectivity index (χ3n) is 2.93. The van der Waals surface area contributed by atoms with Crippen molar-refractivity contribution in [2.75, 3.05) is 34.9 Å². The lowest BCUT2D eigenvalue weighted by Gasteiger charge is -2.25. The molecule has 0 radical (unpaired) electrons. The lowest BCUT2D eigenvalue weighted by molar-refractivity contribution is 0.170. The van der Waals surface area contributed by atoms with Gasteiger partial charge < -0.3 is 19.5 Å². The van der Waals surface area contributed by atoms with E-state index in [1.807, 2.05) is 38.1 Å². The minimum absolute atomic E-state index is 0.0326. The fourth-order valence-electron chi connectivity index (χ4n) is 1.90. The van der Waals surface area contributed by atoms with Crippen LogP contribution < -0.4 is 9.47 Å². The molecule has 4 heteroatoms. The van der Waals surface area contributed by atoms with Crippen molar-refractivity contribution in [3.05, 3.63) is 23.3 Å². The molecule has 1 N–H and O–H groups in total. The average molecular weight is 239 g/mol. The van der Waals surface area contributed by atoms with Gasteiger partial charge in [-0.25, -0.2) is 0 Å². The van der Waals surface area contributed by atoms with Crippen molar-refractivity contribution < 1.29 is 14.6 Å². The molecule has 0 aliphatic rings. The number of aryl methyl sites for hydroxylation is 1. The first-order valence-corrected chi connectivity index (χ1v) is 5.55. The first kappa shape index (κ1) is 13.8. The molecule has 0 fully saturated rings. The molecule has 0 aliphatic heterocycles. The molecule has 0 aromatic heterocycles. The Morgan fingerprint density at radius 1 is 1.18 bits per heavy atom. The van der Waals surface area contributed by atoms with Crippen molar-refractivity contribution in [2.24, 2.45) is 0 Å². The maximum Gasteiger partial charge on any atom is 0.161 e. The lowest BCUT2D eigenvalue weighted by Crippen LogP contribution is -2.24. The molecular weight excluding hydrogens is 218 g/mol. The van der Waals surface area contributed by atoms with Gasteiger partial charge in [0.15, 0.2) is 11.5 Å². The molecule has 0 bridgehead atoms. The minimum atomic E-state index is -0.0326. The van der Waals surface area contributed by atoms with Gasteiger partial charge in [-0.3, -0.25) is 0 Å². The topological polar surface area (TPSA) is 41.9 Å². The van der Waals surface area contributed by atoms with Crippen LogP contribution in [0, 0.1) is 6.92 Å². The molecular formula is C13H21NO3. The molecule has 0 spiro atoms. The number of likely N-dealkylation sites (N-methyl/N-ethyl adjacent to an activating group) is 1. The summed E-state index contributed by atoms with van der Waals surface area (Å²) < 4.78 is 10.5. The highest BCUT2D eigenvalue weighted by atomic mass is 16.5. The van der Waals surface area contributed by atoms with Gasteiger partial charge >= 0.3 is 0 Å². The summed E-state index contributed by atoms with van der Waals surface area (Å²) in [6.07, 6.45) is 0. The van der Waals surface area contributed by atoms with E-state index < -0.39 is 0 Å². The summed E-state index contributed by atoms with van der Waals surface area (Å²) >= 11 is 0. The standard InChI is InChI=1S/C13H21NO3/c1-9-6-12(16-4)13(17-5)7-10(9)11(8-15)14(2)3/h6-7,11,15H,8H2,1-5H3. The van der Waals surface area contributed by atoms with Crippen LogP contribution in [0.1, 0.15) is 17.2 Å². The Kier molecular flexibility index (Phi) is 4.78. The van der Waals surface area contributed by atoms with Crippen LogP contribution in [0.25, 0.3) is 0 Å². The molecule has 0 aliphatic carbocycles. The zero-order valence-electron chi connectivity index (χ0n) is 11.2. The second-order valence-corrected chi connectivity index (χ2v) is 4.23. The van der Waals surface area contributed by atoms with Crippen molar-refractivity contribution in [3.8, 4) is 11.5 Å². The van der Waals surface area contributed by atoms with E-state index in [4.69, 9.17) is 9.47 Å². The number of benzene rings is 1. The summed E-state index contributed by atoms with van der Waals surface area (Å²) in [5.74, 6) is 1.40. The molecule has 0 heterocycles. The molecule has 96 valence electrons. The summed E-state index contributed by atoms with van der Waals surface area (Å²) in [6, 6.07) is 3.82. The smallest absolute Gasteiger partial charge is 0.161 e. The third-order valence-corrected chi connectivity index (χ3v) is 2.93. The average Bonchev–Trinajstić information content (AvgIpc) is 2.31. The van der Waals surface area contributed by atoms with E-state index in [0.717, 1.165) is 11.1 Å². The molecule has 1 aromatic rings. The SMILES string of the molecule is COc1cc(C)c(C(CO)N(C)C)cc1OC. The van der Waals surface area contributed by atoms with E-state index >= 15 is 0 Å². The minimum Gasteiger partial charge on any atom is -0.493 e. The Hall–Kier alpha value is -1.26. The Bertz CT molecular complexity index is 377. The van der Waals surface area contributed by atoms with Gasteiger partial charge in [0, 0.05) is 0 Å². The number of hydrogen-bond acceptors (Lipinski definition) is 4. The predicted octanol–water partition coefficient (Wildman–Crippen LogP) is 1.61. The van der Waals surface area contributed by atoms with E-state index in [2.05, 4.69) is 0 Å². The number of rotatable bonds is 5. The van der Waals surface area contributed by atoms with Gasteiger partial charge in [-0.2, -0.15) is 0 Å². The highest BCUT2D eigenvalue weighted by Gasteiger charge is 2.18. The molecule has 1 aromatic carbocycles. The van der Waals surface area contributed by atoms with Crippen molar-refractivity contribution >= 4 is 0 Å². The Balaban J connectivity index is 3.24. The number of ether oxygens (including phenoxy) is 2. The molecule has 0 amide bonds.